The van der Waals surface area contributed by atoms with E-state index in [1.807, 2.05) is 0 Å². The average molecular weight is 324 g/mol. The van der Waals surface area contributed by atoms with Crippen LogP contribution in [0.25, 0.3) is 0 Å². The summed E-state index contributed by atoms with van der Waals surface area (Å²) < 4.78 is 5.10. The summed E-state index contributed by atoms with van der Waals surface area (Å²) in [7, 11) is 0. The molecule has 0 fully saturated rings. The highest BCUT2D eigenvalue weighted by Gasteiger charge is 2.15. The lowest BCUT2D eigenvalue weighted by Gasteiger charge is -2.17. The van der Waals surface area contributed by atoms with Gasteiger partial charge in [0.15, 0.2) is 0 Å². The third-order valence-electron chi connectivity index (χ3n) is 3.11. The van der Waals surface area contributed by atoms with Crippen molar-refractivity contribution in [1.82, 2.24) is 5.32 Å². The first-order valence-corrected chi connectivity index (χ1v) is 7.09. The average Bonchev–Trinajstić information content (AvgIpc) is 3.06. The second-order valence-electron chi connectivity index (χ2n) is 4.90. The topological polar surface area (TPSA) is 112 Å². The molecule has 7 nitrogen and oxygen atoms in total. The minimum Gasteiger partial charge on any atom is -0.467 e. The Balaban J connectivity index is 2.20. The predicted octanol–water partition coefficient (Wildman–Crippen LogP) is 1.94. The number of carbonyl (C=O) groups is 2. The SMILES string of the molecule is CC(=O)N(/C=C(/C#N)C(=O)NCc1ccco1)c1cccc(N)c1. The number of hydrogen-bond donors (Lipinski definition) is 2. The largest absolute Gasteiger partial charge is 0.467 e. The summed E-state index contributed by atoms with van der Waals surface area (Å²) >= 11 is 0. The molecule has 0 saturated heterocycles. The number of nitrogens with one attached hydrogen (secondary N) is 1. The lowest BCUT2D eigenvalue weighted by atomic mass is 10.2. The Bertz CT molecular complexity index is 803. The molecule has 2 amide bonds. The van der Waals surface area contributed by atoms with Crippen molar-refractivity contribution in [1.29, 1.82) is 5.26 Å². The van der Waals surface area contributed by atoms with Crippen LogP contribution in [-0.2, 0) is 16.1 Å². The zero-order chi connectivity index (χ0) is 17.5. The summed E-state index contributed by atoms with van der Waals surface area (Å²) in [6.07, 6.45) is 2.68. The molecule has 0 aliphatic carbocycles. The Morgan fingerprint density at radius 3 is 2.75 bits per heavy atom. The minimum atomic E-state index is -0.607. The molecule has 0 spiro atoms. The Kier molecular flexibility index (Phi) is 5.36. The summed E-state index contributed by atoms with van der Waals surface area (Å²) in [6, 6.07) is 11.8. The number of nitrogen functional groups attached to an aromatic ring is 1. The highest BCUT2D eigenvalue weighted by atomic mass is 16.3. The van der Waals surface area contributed by atoms with E-state index in [-0.39, 0.29) is 18.0 Å². The van der Waals surface area contributed by atoms with Crippen molar-refractivity contribution in [3.63, 3.8) is 0 Å². The molecule has 2 rings (SSSR count). The van der Waals surface area contributed by atoms with Gasteiger partial charge in [-0.3, -0.25) is 14.5 Å². The number of rotatable bonds is 5. The first kappa shape index (κ1) is 16.8. The molecule has 1 aromatic heterocycles. The van der Waals surface area contributed by atoms with Crippen molar-refractivity contribution in [3.8, 4) is 6.07 Å². The molecule has 1 heterocycles. The molecule has 0 bridgehead atoms. The summed E-state index contributed by atoms with van der Waals surface area (Å²) in [5.74, 6) is -0.406. The number of nitrogens with two attached hydrogens (primary N) is 1. The van der Waals surface area contributed by atoms with Gasteiger partial charge >= 0.3 is 0 Å². The quantitative estimate of drug-likeness (QED) is 0.496. The van der Waals surface area contributed by atoms with E-state index in [0.717, 1.165) is 0 Å². The normalized spacial score (nSPS) is 10.8. The Morgan fingerprint density at radius 1 is 1.38 bits per heavy atom. The number of anilines is 2. The first-order valence-electron chi connectivity index (χ1n) is 7.09. The Morgan fingerprint density at radius 2 is 2.17 bits per heavy atom. The third-order valence-corrected chi connectivity index (χ3v) is 3.11. The van der Waals surface area contributed by atoms with Gasteiger partial charge in [-0.2, -0.15) is 5.26 Å². The standard InChI is InChI=1S/C17H16N4O3/c1-12(22)21(15-5-2-4-14(19)8-15)11-13(9-18)17(23)20-10-16-6-3-7-24-16/h2-8,11H,10,19H2,1H3,(H,20,23)/b13-11-. The number of amides is 2. The maximum absolute atomic E-state index is 12.1. The van der Waals surface area contributed by atoms with Crippen LogP contribution in [0, 0.1) is 11.3 Å². The monoisotopic (exact) mass is 324 g/mol. The summed E-state index contributed by atoms with van der Waals surface area (Å²) in [6.45, 7) is 1.47. The summed E-state index contributed by atoms with van der Waals surface area (Å²) in [4.78, 5) is 25.2. The van der Waals surface area contributed by atoms with Crippen LogP contribution < -0.4 is 16.0 Å². The van der Waals surface area contributed by atoms with E-state index in [2.05, 4.69) is 5.32 Å². The number of nitriles is 1. The van der Waals surface area contributed by atoms with Gasteiger partial charge in [0.25, 0.3) is 5.91 Å². The second kappa shape index (κ2) is 7.65. The highest BCUT2D eigenvalue weighted by molar-refractivity contribution is 6.01. The number of hydrogen-bond acceptors (Lipinski definition) is 5. The van der Waals surface area contributed by atoms with E-state index in [9.17, 15) is 14.9 Å². The molecule has 122 valence electrons. The molecule has 24 heavy (non-hydrogen) atoms. The van der Waals surface area contributed by atoms with Crippen LogP contribution in [0.3, 0.4) is 0 Å². The number of carbonyl (C=O) groups excluding carboxylic acids is 2. The van der Waals surface area contributed by atoms with Gasteiger partial charge < -0.3 is 15.5 Å². The molecule has 3 N–H and O–H groups in total. The molecule has 2 aromatic rings. The lowest BCUT2D eigenvalue weighted by molar-refractivity contribution is -0.117. The van der Waals surface area contributed by atoms with Crippen LogP contribution in [0.5, 0.6) is 0 Å². The maximum Gasteiger partial charge on any atom is 0.263 e. The van der Waals surface area contributed by atoms with Gasteiger partial charge in [0.1, 0.15) is 17.4 Å². The van der Waals surface area contributed by atoms with Gasteiger partial charge in [0.2, 0.25) is 5.91 Å². The van der Waals surface area contributed by atoms with E-state index in [0.29, 0.717) is 17.1 Å². The summed E-state index contributed by atoms with van der Waals surface area (Å²) in [5, 5.41) is 11.8. The van der Waals surface area contributed by atoms with Crippen LogP contribution in [0.1, 0.15) is 12.7 Å². The van der Waals surface area contributed by atoms with E-state index in [1.54, 1.807) is 42.5 Å². The minimum absolute atomic E-state index is 0.142. The van der Waals surface area contributed by atoms with Crippen LogP contribution in [0.15, 0.2) is 58.9 Å². The zero-order valence-electron chi connectivity index (χ0n) is 13.0. The van der Waals surface area contributed by atoms with Gasteiger partial charge in [-0.1, -0.05) is 6.07 Å². The molecule has 0 radical (unpaired) electrons. The van der Waals surface area contributed by atoms with Gasteiger partial charge in [0, 0.05) is 18.8 Å². The van der Waals surface area contributed by atoms with Crippen LogP contribution in [0.4, 0.5) is 11.4 Å². The van der Waals surface area contributed by atoms with Crippen molar-refractivity contribution in [2.75, 3.05) is 10.6 Å². The van der Waals surface area contributed by atoms with Gasteiger partial charge in [-0.05, 0) is 30.3 Å². The van der Waals surface area contributed by atoms with E-state index < -0.39 is 5.91 Å². The van der Waals surface area contributed by atoms with E-state index in [1.165, 1.54) is 24.3 Å². The zero-order valence-corrected chi connectivity index (χ0v) is 13.0. The summed E-state index contributed by atoms with van der Waals surface area (Å²) in [5.41, 5.74) is 6.43. The highest BCUT2D eigenvalue weighted by Crippen LogP contribution is 2.19. The number of nitrogens with zero attached hydrogens (tertiary/aromatic N) is 2. The van der Waals surface area contributed by atoms with Crippen molar-refractivity contribution in [2.45, 2.75) is 13.5 Å². The van der Waals surface area contributed by atoms with Crippen LogP contribution >= 0.6 is 0 Å². The molecule has 1 aromatic carbocycles. The molecule has 7 heteroatoms. The fourth-order valence-corrected chi connectivity index (χ4v) is 1.97. The molecule has 0 aliphatic rings. The molecule has 0 atom stereocenters. The van der Waals surface area contributed by atoms with Gasteiger partial charge in [0.05, 0.1) is 18.5 Å². The molecule has 0 aliphatic heterocycles. The van der Waals surface area contributed by atoms with Crippen molar-refractivity contribution < 1.29 is 14.0 Å². The van der Waals surface area contributed by atoms with Crippen molar-refractivity contribution in [3.05, 3.63) is 60.2 Å². The number of furan rings is 1. The van der Waals surface area contributed by atoms with Crippen molar-refractivity contribution in [2.24, 2.45) is 0 Å². The molecule has 0 saturated carbocycles. The first-order chi connectivity index (χ1) is 11.5. The van der Waals surface area contributed by atoms with Gasteiger partial charge in [-0.15, -0.1) is 0 Å². The smallest absolute Gasteiger partial charge is 0.263 e. The van der Waals surface area contributed by atoms with Crippen molar-refractivity contribution >= 4 is 23.2 Å². The second-order valence-corrected chi connectivity index (χ2v) is 4.90. The maximum atomic E-state index is 12.1. The molecular weight excluding hydrogens is 308 g/mol. The fourth-order valence-electron chi connectivity index (χ4n) is 1.97. The van der Waals surface area contributed by atoms with Crippen LogP contribution in [0.2, 0.25) is 0 Å². The lowest BCUT2D eigenvalue weighted by Crippen LogP contribution is -2.28. The Labute approximate surface area is 139 Å². The fraction of sp³-hybridized carbons (Fsp3) is 0.118. The van der Waals surface area contributed by atoms with E-state index in [4.69, 9.17) is 10.2 Å². The predicted molar refractivity (Wildman–Crippen MR) is 88.3 cm³/mol. The van der Waals surface area contributed by atoms with E-state index >= 15 is 0 Å². The van der Waals surface area contributed by atoms with Crippen LogP contribution in [-0.4, -0.2) is 11.8 Å². The van der Waals surface area contributed by atoms with Gasteiger partial charge in [-0.25, -0.2) is 0 Å². The Hall–Kier alpha value is -3.53. The molecule has 0 unspecified atom stereocenters. The third kappa shape index (κ3) is 4.24. The molecular formula is C17H16N4O3. The number of benzene rings is 1.